The summed E-state index contributed by atoms with van der Waals surface area (Å²) in [4.78, 5) is 19.8. The van der Waals surface area contributed by atoms with Crippen LogP contribution in [0.3, 0.4) is 0 Å². The van der Waals surface area contributed by atoms with Gasteiger partial charge < -0.3 is 10.1 Å². The maximum atomic E-state index is 14.1. The molecule has 146 valence electrons. The molecular formula is C17H16FN5O4S. The fourth-order valence-corrected chi connectivity index (χ4v) is 3.42. The van der Waals surface area contributed by atoms with E-state index in [-0.39, 0.29) is 18.0 Å². The first-order valence-electron chi connectivity index (χ1n) is 8.02. The topological polar surface area (TPSA) is 116 Å². The van der Waals surface area contributed by atoms with Crippen LogP contribution in [0.5, 0.6) is 5.75 Å². The average molecular weight is 405 g/mol. The third kappa shape index (κ3) is 3.98. The number of nitrogens with zero attached hydrogens (tertiary/aromatic N) is 4. The molecule has 1 aromatic carbocycles. The molecule has 1 amide bonds. The number of aromatic nitrogens is 4. The predicted molar refractivity (Wildman–Crippen MR) is 95.7 cm³/mol. The summed E-state index contributed by atoms with van der Waals surface area (Å²) in [6, 6.07) is 4.55. The molecule has 3 rings (SSSR count). The summed E-state index contributed by atoms with van der Waals surface area (Å²) in [5.74, 6) is -1.42. The highest BCUT2D eigenvalue weighted by molar-refractivity contribution is 7.89. The van der Waals surface area contributed by atoms with Crippen molar-refractivity contribution in [2.24, 2.45) is 0 Å². The van der Waals surface area contributed by atoms with Crippen LogP contribution in [0, 0.1) is 12.7 Å². The highest BCUT2D eigenvalue weighted by atomic mass is 32.2. The molecule has 11 heteroatoms. The Hall–Kier alpha value is -3.34. The van der Waals surface area contributed by atoms with E-state index in [1.165, 1.54) is 25.4 Å². The van der Waals surface area contributed by atoms with Crippen molar-refractivity contribution in [3.8, 4) is 5.75 Å². The van der Waals surface area contributed by atoms with E-state index in [0.29, 0.717) is 9.78 Å². The summed E-state index contributed by atoms with van der Waals surface area (Å²) in [6.45, 7) is 1.88. The number of methoxy groups -OCH3 is 1. The summed E-state index contributed by atoms with van der Waals surface area (Å²) in [5.41, 5.74) is 1.13. The molecule has 0 saturated carbocycles. The van der Waals surface area contributed by atoms with E-state index in [2.05, 4.69) is 20.4 Å². The zero-order chi connectivity index (χ0) is 20.3. The van der Waals surface area contributed by atoms with Crippen molar-refractivity contribution >= 4 is 15.9 Å². The van der Waals surface area contributed by atoms with Crippen molar-refractivity contribution in [2.45, 2.75) is 18.4 Å². The number of hydrogen-bond acceptors (Lipinski definition) is 7. The molecule has 1 N–H and O–H groups in total. The Bertz CT molecular complexity index is 1110. The standard InChI is InChI=1S/C17H16FN5O4S/c1-11-8-20-12(9-19-11)10-21-17(24)15-5-6-23(22-15)28(25,26)16-4-3-13(27-2)7-14(16)18/h3-9H,10H2,1-2H3,(H,21,24). The van der Waals surface area contributed by atoms with E-state index in [1.54, 1.807) is 13.1 Å². The second kappa shape index (κ2) is 7.72. The summed E-state index contributed by atoms with van der Waals surface area (Å²) in [6.07, 6.45) is 4.15. The molecule has 0 aliphatic heterocycles. The number of halogens is 1. The Morgan fingerprint density at radius 1 is 1.25 bits per heavy atom. The van der Waals surface area contributed by atoms with Gasteiger partial charge in [0.25, 0.3) is 15.9 Å². The first-order chi connectivity index (χ1) is 13.3. The number of rotatable bonds is 6. The van der Waals surface area contributed by atoms with Gasteiger partial charge in [0.15, 0.2) is 5.69 Å². The number of amides is 1. The van der Waals surface area contributed by atoms with Gasteiger partial charge in [0, 0.05) is 18.5 Å². The minimum Gasteiger partial charge on any atom is -0.497 e. The summed E-state index contributed by atoms with van der Waals surface area (Å²) in [7, 11) is -2.97. The maximum Gasteiger partial charge on any atom is 0.285 e. The second-order valence-corrected chi connectivity index (χ2v) is 7.47. The normalized spacial score (nSPS) is 11.2. The van der Waals surface area contributed by atoms with E-state index in [1.807, 2.05) is 0 Å². The van der Waals surface area contributed by atoms with Crippen LogP contribution >= 0.6 is 0 Å². The lowest BCUT2D eigenvalue weighted by molar-refractivity contribution is 0.0945. The molecule has 2 heterocycles. The molecule has 0 unspecified atom stereocenters. The highest BCUT2D eigenvalue weighted by Crippen LogP contribution is 2.22. The Labute approximate surface area is 160 Å². The van der Waals surface area contributed by atoms with E-state index in [9.17, 15) is 17.6 Å². The van der Waals surface area contributed by atoms with Gasteiger partial charge in [0.1, 0.15) is 16.5 Å². The molecule has 28 heavy (non-hydrogen) atoms. The molecule has 9 nitrogen and oxygen atoms in total. The van der Waals surface area contributed by atoms with Crippen LogP contribution < -0.4 is 10.1 Å². The highest BCUT2D eigenvalue weighted by Gasteiger charge is 2.24. The lowest BCUT2D eigenvalue weighted by Gasteiger charge is -2.07. The van der Waals surface area contributed by atoms with E-state index < -0.39 is 26.6 Å². The van der Waals surface area contributed by atoms with Crippen molar-refractivity contribution in [1.29, 1.82) is 0 Å². The Morgan fingerprint density at radius 2 is 2.04 bits per heavy atom. The van der Waals surface area contributed by atoms with Gasteiger partial charge in [-0.05, 0) is 25.1 Å². The Kier molecular flexibility index (Phi) is 5.36. The van der Waals surface area contributed by atoms with Crippen LogP contribution in [0.2, 0.25) is 0 Å². The Morgan fingerprint density at radius 3 is 2.68 bits per heavy atom. The van der Waals surface area contributed by atoms with Gasteiger partial charge in [-0.15, -0.1) is 0 Å². The number of aryl methyl sites for hydroxylation is 1. The molecule has 0 aliphatic rings. The summed E-state index contributed by atoms with van der Waals surface area (Å²) < 4.78 is 44.7. The molecule has 2 aromatic heterocycles. The molecular weight excluding hydrogens is 389 g/mol. The zero-order valence-electron chi connectivity index (χ0n) is 15.0. The van der Waals surface area contributed by atoms with Gasteiger partial charge in [-0.25, -0.2) is 4.39 Å². The Balaban J connectivity index is 1.77. The minimum absolute atomic E-state index is 0.0961. The van der Waals surface area contributed by atoms with Crippen LogP contribution in [0.25, 0.3) is 0 Å². The van der Waals surface area contributed by atoms with Crippen molar-refractivity contribution in [1.82, 2.24) is 24.5 Å². The SMILES string of the molecule is COc1ccc(S(=O)(=O)n2ccc(C(=O)NCc3cnc(C)cn3)n2)c(F)c1. The molecule has 0 atom stereocenters. The third-order valence-corrected chi connectivity index (χ3v) is 5.31. The first kappa shape index (κ1) is 19.4. The molecule has 0 radical (unpaired) electrons. The minimum atomic E-state index is -4.31. The molecule has 0 bridgehead atoms. The third-order valence-electron chi connectivity index (χ3n) is 3.73. The van der Waals surface area contributed by atoms with Crippen LogP contribution in [0.1, 0.15) is 21.9 Å². The fraction of sp³-hybridized carbons (Fsp3) is 0.176. The van der Waals surface area contributed by atoms with Gasteiger partial charge in [-0.1, -0.05) is 0 Å². The number of benzene rings is 1. The van der Waals surface area contributed by atoms with E-state index in [0.717, 1.165) is 24.0 Å². The van der Waals surface area contributed by atoms with Gasteiger partial charge >= 0.3 is 0 Å². The largest absolute Gasteiger partial charge is 0.497 e. The molecule has 0 aliphatic carbocycles. The summed E-state index contributed by atoms with van der Waals surface area (Å²) >= 11 is 0. The number of ether oxygens (including phenoxy) is 1. The lowest BCUT2D eigenvalue weighted by Crippen LogP contribution is -2.24. The van der Waals surface area contributed by atoms with Crippen LogP contribution in [-0.4, -0.2) is 40.6 Å². The number of carbonyl (C=O) groups excluding carboxylic acids is 1. The lowest BCUT2D eigenvalue weighted by atomic mass is 10.3. The van der Waals surface area contributed by atoms with Crippen LogP contribution in [0.4, 0.5) is 4.39 Å². The van der Waals surface area contributed by atoms with Gasteiger partial charge in [-0.2, -0.15) is 17.6 Å². The van der Waals surface area contributed by atoms with E-state index in [4.69, 9.17) is 4.74 Å². The zero-order valence-corrected chi connectivity index (χ0v) is 15.8. The number of hydrogen-bond donors (Lipinski definition) is 1. The number of nitrogens with one attached hydrogen (secondary N) is 1. The first-order valence-corrected chi connectivity index (χ1v) is 9.46. The molecule has 0 spiro atoms. The molecule has 0 saturated heterocycles. The van der Waals surface area contributed by atoms with Crippen molar-refractivity contribution < 1.29 is 22.3 Å². The molecule has 0 fully saturated rings. The average Bonchev–Trinajstić information content (AvgIpc) is 3.18. The summed E-state index contributed by atoms with van der Waals surface area (Å²) in [5, 5.41) is 6.31. The van der Waals surface area contributed by atoms with Crippen LogP contribution in [-0.2, 0) is 16.6 Å². The predicted octanol–water partition coefficient (Wildman–Crippen LogP) is 1.30. The number of carbonyl (C=O) groups is 1. The van der Waals surface area contributed by atoms with Crippen molar-refractivity contribution in [3.63, 3.8) is 0 Å². The molecule has 3 aromatic rings. The van der Waals surface area contributed by atoms with Gasteiger partial charge in [-0.3, -0.25) is 14.8 Å². The van der Waals surface area contributed by atoms with Crippen molar-refractivity contribution in [3.05, 3.63) is 65.8 Å². The second-order valence-electron chi connectivity index (χ2n) is 5.71. The van der Waals surface area contributed by atoms with E-state index >= 15 is 0 Å². The monoisotopic (exact) mass is 405 g/mol. The van der Waals surface area contributed by atoms with Gasteiger partial charge in [0.05, 0.1) is 31.2 Å². The van der Waals surface area contributed by atoms with Crippen LogP contribution in [0.15, 0.2) is 47.8 Å². The van der Waals surface area contributed by atoms with Gasteiger partial charge in [0.2, 0.25) is 0 Å². The van der Waals surface area contributed by atoms with Crippen molar-refractivity contribution in [2.75, 3.05) is 7.11 Å². The maximum absolute atomic E-state index is 14.1. The fourth-order valence-electron chi connectivity index (χ4n) is 2.25. The smallest absolute Gasteiger partial charge is 0.285 e. The quantitative estimate of drug-likeness (QED) is 0.657.